The molecule has 0 aliphatic heterocycles. The standard InChI is InChI=1S/C15H19N3O2S/c1-3-13-8-16-14(21-13)9-17-15(20)18-12-6-4-11(5-7-12)10(2)19/h4-8,10,19H,3,9H2,1-2H3,(H2,17,18,20). The number of hydrogen-bond donors (Lipinski definition) is 3. The van der Waals surface area contributed by atoms with Crippen molar-refractivity contribution in [1.29, 1.82) is 0 Å². The molecule has 0 fully saturated rings. The number of carbonyl (C=O) groups excluding carboxylic acids is 1. The summed E-state index contributed by atoms with van der Waals surface area (Å²) in [5.41, 5.74) is 1.50. The number of nitrogens with one attached hydrogen (secondary N) is 2. The van der Waals surface area contributed by atoms with Gasteiger partial charge in [-0.3, -0.25) is 0 Å². The van der Waals surface area contributed by atoms with Gasteiger partial charge in [0.1, 0.15) is 5.01 Å². The first-order valence-electron chi connectivity index (χ1n) is 6.85. The summed E-state index contributed by atoms with van der Waals surface area (Å²) in [4.78, 5) is 17.2. The number of benzene rings is 1. The Morgan fingerprint density at radius 3 is 2.67 bits per heavy atom. The van der Waals surface area contributed by atoms with E-state index >= 15 is 0 Å². The van der Waals surface area contributed by atoms with Gasteiger partial charge in [-0.05, 0) is 31.0 Å². The number of urea groups is 1. The number of aliphatic hydroxyl groups is 1. The van der Waals surface area contributed by atoms with E-state index in [0.29, 0.717) is 12.2 Å². The van der Waals surface area contributed by atoms with Gasteiger partial charge in [0.25, 0.3) is 0 Å². The molecule has 0 aliphatic rings. The van der Waals surface area contributed by atoms with Gasteiger partial charge in [-0.2, -0.15) is 0 Å². The summed E-state index contributed by atoms with van der Waals surface area (Å²) in [5.74, 6) is 0. The van der Waals surface area contributed by atoms with Gasteiger partial charge >= 0.3 is 6.03 Å². The molecule has 0 saturated carbocycles. The maximum atomic E-state index is 11.8. The van der Waals surface area contributed by atoms with Crippen LogP contribution in [0.5, 0.6) is 0 Å². The Balaban J connectivity index is 1.83. The van der Waals surface area contributed by atoms with Gasteiger partial charge in [-0.1, -0.05) is 19.1 Å². The molecule has 0 saturated heterocycles. The minimum atomic E-state index is -0.509. The molecule has 0 bridgehead atoms. The fraction of sp³-hybridized carbons (Fsp3) is 0.333. The Morgan fingerprint density at radius 1 is 1.38 bits per heavy atom. The lowest BCUT2D eigenvalue weighted by Gasteiger charge is -2.08. The number of anilines is 1. The number of hydrogen-bond acceptors (Lipinski definition) is 4. The molecule has 2 amide bonds. The summed E-state index contributed by atoms with van der Waals surface area (Å²) < 4.78 is 0. The van der Waals surface area contributed by atoms with E-state index in [2.05, 4.69) is 22.5 Å². The van der Waals surface area contributed by atoms with Crippen LogP contribution in [0.1, 0.15) is 35.4 Å². The highest BCUT2D eigenvalue weighted by Crippen LogP contribution is 2.16. The monoisotopic (exact) mass is 305 g/mol. The number of rotatable bonds is 5. The first-order valence-corrected chi connectivity index (χ1v) is 7.66. The molecule has 2 rings (SSSR count). The van der Waals surface area contributed by atoms with Gasteiger partial charge in [-0.25, -0.2) is 9.78 Å². The Bertz CT molecular complexity index is 593. The molecule has 1 aromatic carbocycles. The molecule has 21 heavy (non-hydrogen) atoms. The molecule has 112 valence electrons. The summed E-state index contributed by atoms with van der Waals surface area (Å²) in [6.07, 6.45) is 2.29. The summed E-state index contributed by atoms with van der Waals surface area (Å²) in [6.45, 7) is 4.20. The first kappa shape index (κ1) is 15.5. The lowest BCUT2D eigenvalue weighted by molar-refractivity contribution is 0.199. The first-order chi connectivity index (χ1) is 10.1. The minimum absolute atomic E-state index is 0.270. The molecule has 0 spiro atoms. The molecule has 0 aliphatic carbocycles. The van der Waals surface area contributed by atoms with Crippen LogP contribution in [0.15, 0.2) is 30.5 Å². The molecule has 6 heteroatoms. The van der Waals surface area contributed by atoms with Crippen molar-refractivity contribution in [3.8, 4) is 0 Å². The zero-order chi connectivity index (χ0) is 15.2. The number of aromatic nitrogens is 1. The maximum absolute atomic E-state index is 11.8. The van der Waals surface area contributed by atoms with E-state index in [9.17, 15) is 9.90 Å². The fourth-order valence-corrected chi connectivity index (χ4v) is 2.57. The van der Waals surface area contributed by atoms with E-state index in [-0.39, 0.29) is 6.03 Å². The van der Waals surface area contributed by atoms with E-state index in [0.717, 1.165) is 17.0 Å². The number of aliphatic hydroxyl groups excluding tert-OH is 1. The summed E-state index contributed by atoms with van der Waals surface area (Å²) >= 11 is 1.60. The maximum Gasteiger partial charge on any atom is 0.319 e. The second kappa shape index (κ2) is 7.19. The molecule has 1 aromatic heterocycles. The third kappa shape index (κ3) is 4.54. The average molecular weight is 305 g/mol. The predicted octanol–water partition coefficient (Wildman–Crippen LogP) is 3.08. The van der Waals surface area contributed by atoms with Crippen LogP contribution in [-0.4, -0.2) is 16.1 Å². The normalized spacial score (nSPS) is 12.0. The van der Waals surface area contributed by atoms with Gasteiger partial charge in [0, 0.05) is 16.8 Å². The Hall–Kier alpha value is -1.92. The Kier molecular flexibility index (Phi) is 5.30. The SMILES string of the molecule is CCc1cnc(CNC(=O)Nc2ccc(C(C)O)cc2)s1. The molecular weight excluding hydrogens is 286 g/mol. The quantitative estimate of drug-likeness (QED) is 0.794. The van der Waals surface area contributed by atoms with Crippen LogP contribution in [0.4, 0.5) is 10.5 Å². The van der Waals surface area contributed by atoms with Crippen LogP contribution < -0.4 is 10.6 Å². The van der Waals surface area contributed by atoms with Crippen molar-refractivity contribution in [3.05, 3.63) is 45.9 Å². The highest BCUT2D eigenvalue weighted by Gasteiger charge is 2.05. The van der Waals surface area contributed by atoms with Gasteiger partial charge < -0.3 is 15.7 Å². The van der Waals surface area contributed by atoms with E-state index in [1.54, 1.807) is 42.5 Å². The van der Waals surface area contributed by atoms with Crippen LogP contribution in [-0.2, 0) is 13.0 Å². The van der Waals surface area contributed by atoms with Crippen LogP contribution >= 0.6 is 11.3 Å². The van der Waals surface area contributed by atoms with Crippen molar-refractivity contribution in [2.45, 2.75) is 32.9 Å². The zero-order valence-electron chi connectivity index (χ0n) is 12.1. The van der Waals surface area contributed by atoms with Crippen molar-refractivity contribution in [2.75, 3.05) is 5.32 Å². The Morgan fingerprint density at radius 2 is 2.10 bits per heavy atom. The van der Waals surface area contributed by atoms with Crippen molar-refractivity contribution >= 4 is 23.1 Å². The molecule has 1 atom stereocenters. The number of thiazole rings is 1. The lowest BCUT2D eigenvalue weighted by atomic mass is 10.1. The average Bonchev–Trinajstić information content (AvgIpc) is 2.94. The third-order valence-electron chi connectivity index (χ3n) is 3.00. The lowest BCUT2D eigenvalue weighted by Crippen LogP contribution is -2.28. The second-order valence-corrected chi connectivity index (χ2v) is 5.88. The number of carbonyl (C=O) groups is 1. The molecular formula is C15H19N3O2S. The third-order valence-corrected chi connectivity index (χ3v) is 4.14. The van der Waals surface area contributed by atoms with Gasteiger partial charge in [-0.15, -0.1) is 11.3 Å². The van der Waals surface area contributed by atoms with E-state index in [1.807, 2.05) is 6.20 Å². The zero-order valence-corrected chi connectivity index (χ0v) is 12.9. The molecule has 1 unspecified atom stereocenters. The molecule has 3 N–H and O–H groups in total. The number of nitrogens with zero attached hydrogens (tertiary/aromatic N) is 1. The van der Waals surface area contributed by atoms with Gasteiger partial charge in [0.2, 0.25) is 0 Å². The highest BCUT2D eigenvalue weighted by molar-refractivity contribution is 7.11. The Labute approximate surface area is 128 Å². The van der Waals surface area contributed by atoms with Gasteiger partial charge in [0.05, 0.1) is 12.6 Å². The van der Waals surface area contributed by atoms with Crippen molar-refractivity contribution in [3.63, 3.8) is 0 Å². The van der Waals surface area contributed by atoms with Crippen LogP contribution in [0, 0.1) is 0 Å². The topological polar surface area (TPSA) is 74.2 Å². The van der Waals surface area contributed by atoms with Gasteiger partial charge in [0.15, 0.2) is 0 Å². The smallest absolute Gasteiger partial charge is 0.319 e. The minimum Gasteiger partial charge on any atom is -0.389 e. The summed E-state index contributed by atoms with van der Waals surface area (Å²) in [6, 6.07) is 6.83. The summed E-state index contributed by atoms with van der Waals surface area (Å²) in [5, 5.41) is 15.8. The molecule has 1 heterocycles. The van der Waals surface area contributed by atoms with E-state index in [4.69, 9.17) is 0 Å². The fourth-order valence-electron chi connectivity index (χ4n) is 1.77. The van der Waals surface area contributed by atoms with Crippen LogP contribution in [0.2, 0.25) is 0 Å². The number of amides is 2. The largest absolute Gasteiger partial charge is 0.389 e. The van der Waals surface area contributed by atoms with Crippen LogP contribution in [0.3, 0.4) is 0 Å². The predicted molar refractivity (Wildman–Crippen MR) is 84.4 cm³/mol. The van der Waals surface area contributed by atoms with E-state index < -0.39 is 6.10 Å². The van der Waals surface area contributed by atoms with Crippen molar-refractivity contribution < 1.29 is 9.90 Å². The summed E-state index contributed by atoms with van der Waals surface area (Å²) in [7, 11) is 0. The highest BCUT2D eigenvalue weighted by atomic mass is 32.1. The van der Waals surface area contributed by atoms with Crippen molar-refractivity contribution in [1.82, 2.24) is 10.3 Å². The van der Waals surface area contributed by atoms with Crippen LogP contribution in [0.25, 0.3) is 0 Å². The van der Waals surface area contributed by atoms with Crippen molar-refractivity contribution in [2.24, 2.45) is 0 Å². The molecule has 5 nitrogen and oxygen atoms in total. The molecule has 0 radical (unpaired) electrons. The second-order valence-electron chi connectivity index (χ2n) is 4.68. The number of aryl methyl sites for hydroxylation is 1. The van der Waals surface area contributed by atoms with E-state index in [1.165, 1.54) is 4.88 Å². The molecule has 2 aromatic rings.